The molecule has 1 aliphatic rings. The maximum absolute atomic E-state index is 12.3. The second-order valence-electron chi connectivity index (χ2n) is 6.05. The van der Waals surface area contributed by atoms with Crippen LogP contribution in [-0.4, -0.2) is 23.3 Å². The molecule has 3 heterocycles. The van der Waals surface area contributed by atoms with Crippen LogP contribution in [-0.2, 0) is 11.3 Å². The second-order valence-corrected chi connectivity index (χ2v) is 7.69. The highest BCUT2D eigenvalue weighted by Crippen LogP contribution is 2.26. The van der Waals surface area contributed by atoms with Gasteiger partial charge < -0.3 is 10.2 Å². The first kappa shape index (κ1) is 16.9. The number of hydrogen-bond donors (Lipinski definition) is 1. The minimum Gasteiger partial charge on any atom is -0.347 e. The first-order chi connectivity index (χ1) is 12.7. The molecule has 26 heavy (non-hydrogen) atoms. The summed E-state index contributed by atoms with van der Waals surface area (Å²) in [6.45, 7) is 1.21. The van der Waals surface area contributed by atoms with E-state index in [1.54, 1.807) is 16.7 Å². The lowest BCUT2D eigenvalue weighted by Crippen LogP contribution is -2.24. The van der Waals surface area contributed by atoms with E-state index in [2.05, 4.69) is 10.3 Å². The van der Waals surface area contributed by atoms with Gasteiger partial charge in [0, 0.05) is 41.5 Å². The molecule has 4 rings (SSSR count). The van der Waals surface area contributed by atoms with Crippen molar-refractivity contribution in [3.63, 3.8) is 0 Å². The number of anilines is 1. The summed E-state index contributed by atoms with van der Waals surface area (Å²) in [7, 11) is 0. The third kappa shape index (κ3) is 3.54. The van der Waals surface area contributed by atoms with Crippen molar-refractivity contribution < 1.29 is 9.59 Å². The quantitative estimate of drug-likeness (QED) is 0.726. The lowest BCUT2D eigenvalue weighted by atomic mass is 10.2. The number of thiophene rings is 1. The molecule has 1 N–H and O–H groups in total. The number of benzene rings is 1. The van der Waals surface area contributed by atoms with Crippen molar-refractivity contribution in [3.8, 4) is 10.6 Å². The standard InChI is InChI=1S/C19H17N3O2S2/c23-17-2-1-8-22(17)15-5-3-13(4-6-15)10-20-18(24)16-12-26-19(21-16)14-7-9-25-11-14/h3-7,9,11-12H,1-2,8,10H2,(H,20,24). The molecule has 0 spiro atoms. The average molecular weight is 383 g/mol. The van der Waals surface area contributed by atoms with Gasteiger partial charge in [-0.25, -0.2) is 4.98 Å². The normalized spacial score (nSPS) is 14.0. The van der Waals surface area contributed by atoms with Crippen LogP contribution in [0.5, 0.6) is 0 Å². The summed E-state index contributed by atoms with van der Waals surface area (Å²) in [5.41, 5.74) is 3.39. The third-order valence-electron chi connectivity index (χ3n) is 4.28. The van der Waals surface area contributed by atoms with Crippen LogP contribution < -0.4 is 10.2 Å². The summed E-state index contributed by atoms with van der Waals surface area (Å²) in [4.78, 5) is 30.3. The average Bonchev–Trinajstić information content (AvgIpc) is 3.40. The molecule has 0 saturated carbocycles. The summed E-state index contributed by atoms with van der Waals surface area (Å²) in [5.74, 6) is -0.00228. The number of carbonyl (C=O) groups is 2. The summed E-state index contributed by atoms with van der Waals surface area (Å²) in [6.07, 6.45) is 1.54. The lowest BCUT2D eigenvalue weighted by Gasteiger charge is -2.16. The number of rotatable bonds is 5. The van der Waals surface area contributed by atoms with E-state index < -0.39 is 0 Å². The van der Waals surface area contributed by atoms with Crippen LogP contribution in [0.4, 0.5) is 5.69 Å². The fourth-order valence-corrected chi connectivity index (χ4v) is 4.40. The van der Waals surface area contributed by atoms with E-state index >= 15 is 0 Å². The second kappa shape index (κ2) is 7.39. The topological polar surface area (TPSA) is 62.3 Å². The smallest absolute Gasteiger partial charge is 0.271 e. The van der Waals surface area contributed by atoms with Crippen molar-refractivity contribution in [2.24, 2.45) is 0 Å². The fraction of sp³-hybridized carbons (Fsp3) is 0.211. The minimum absolute atomic E-state index is 0.177. The summed E-state index contributed by atoms with van der Waals surface area (Å²) >= 11 is 3.08. The molecule has 3 aromatic rings. The Hall–Kier alpha value is -2.51. The van der Waals surface area contributed by atoms with Gasteiger partial charge in [0.2, 0.25) is 5.91 Å². The van der Waals surface area contributed by atoms with Crippen LogP contribution in [0.2, 0.25) is 0 Å². The van der Waals surface area contributed by atoms with Gasteiger partial charge in [-0.15, -0.1) is 11.3 Å². The minimum atomic E-state index is -0.179. The molecule has 0 bridgehead atoms. The molecule has 0 aliphatic carbocycles. The molecule has 1 fully saturated rings. The third-order valence-corrected chi connectivity index (χ3v) is 5.85. The van der Waals surface area contributed by atoms with Crippen LogP contribution >= 0.6 is 22.7 Å². The van der Waals surface area contributed by atoms with Gasteiger partial charge in [0.05, 0.1) is 0 Å². The van der Waals surface area contributed by atoms with E-state index in [9.17, 15) is 9.59 Å². The van der Waals surface area contributed by atoms with Gasteiger partial charge >= 0.3 is 0 Å². The molecular formula is C19H17N3O2S2. The van der Waals surface area contributed by atoms with Crippen molar-refractivity contribution >= 4 is 40.2 Å². The van der Waals surface area contributed by atoms with E-state index in [1.165, 1.54) is 11.3 Å². The monoisotopic (exact) mass is 383 g/mol. The van der Waals surface area contributed by atoms with Crippen molar-refractivity contribution in [1.82, 2.24) is 10.3 Å². The van der Waals surface area contributed by atoms with Gasteiger partial charge in [-0.2, -0.15) is 11.3 Å². The van der Waals surface area contributed by atoms with Gasteiger partial charge in [0.1, 0.15) is 10.7 Å². The van der Waals surface area contributed by atoms with Crippen molar-refractivity contribution in [2.75, 3.05) is 11.4 Å². The molecule has 1 aliphatic heterocycles. The van der Waals surface area contributed by atoms with E-state index in [1.807, 2.05) is 46.0 Å². The predicted octanol–water partition coefficient (Wildman–Crippen LogP) is 3.93. The van der Waals surface area contributed by atoms with E-state index in [0.29, 0.717) is 18.7 Å². The fourth-order valence-electron chi connectivity index (χ4n) is 2.88. The zero-order chi connectivity index (χ0) is 17.9. The van der Waals surface area contributed by atoms with Gasteiger partial charge in [-0.3, -0.25) is 9.59 Å². The van der Waals surface area contributed by atoms with Crippen molar-refractivity contribution in [3.05, 3.63) is 57.7 Å². The molecule has 0 atom stereocenters. The molecule has 0 unspecified atom stereocenters. The number of nitrogens with one attached hydrogen (secondary N) is 1. The maximum Gasteiger partial charge on any atom is 0.271 e. The van der Waals surface area contributed by atoms with Crippen LogP contribution in [0.15, 0.2) is 46.5 Å². The predicted molar refractivity (Wildman–Crippen MR) is 105 cm³/mol. The molecule has 7 heteroatoms. The van der Waals surface area contributed by atoms with Crippen LogP contribution in [0, 0.1) is 0 Å². The van der Waals surface area contributed by atoms with E-state index in [4.69, 9.17) is 0 Å². The highest BCUT2D eigenvalue weighted by Gasteiger charge is 2.21. The zero-order valence-electron chi connectivity index (χ0n) is 14.0. The lowest BCUT2D eigenvalue weighted by molar-refractivity contribution is -0.117. The molecule has 2 amide bonds. The Balaban J connectivity index is 1.36. The summed E-state index contributed by atoms with van der Waals surface area (Å²) in [5, 5.41) is 9.56. The maximum atomic E-state index is 12.3. The van der Waals surface area contributed by atoms with Crippen LogP contribution in [0.25, 0.3) is 10.6 Å². The molecule has 132 valence electrons. The largest absolute Gasteiger partial charge is 0.347 e. The summed E-state index contributed by atoms with van der Waals surface area (Å²) < 4.78 is 0. The van der Waals surface area contributed by atoms with Gasteiger partial charge in [0.15, 0.2) is 0 Å². The number of hydrogen-bond acceptors (Lipinski definition) is 5. The zero-order valence-corrected chi connectivity index (χ0v) is 15.6. The Morgan fingerprint density at radius 1 is 1.19 bits per heavy atom. The van der Waals surface area contributed by atoms with Gasteiger partial charge in [-0.1, -0.05) is 12.1 Å². The highest BCUT2D eigenvalue weighted by atomic mass is 32.1. The molecule has 2 aromatic heterocycles. The van der Waals surface area contributed by atoms with E-state index in [0.717, 1.165) is 34.8 Å². The molecule has 5 nitrogen and oxygen atoms in total. The Kier molecular flexibility index (Phi) is 4.81. The van der Waals surface area contributed by atoms with Crippen LogP contribution in [0.3, 0.4) is 0 Å². The Labute approximate surface area is 159 Å². The van der Waals surface area contributed by atoms with Crippen molar-refractivity contribution in [2.45, 2.75) is 19.4 Å². The number of nitrogens with zero attached hydrogens (tertiary/aromatic N) is 2. The Morgan fingerprint density at radius 2 is 2.04 bits per heavy atom. The number of amides is 2. The molecule has 1 saturated heterocycles. The summed E-state index contributed by atoms with van der Waals surface area (Å²) in [6, 6.07) is 9.75. The van der Waals surface area contributed by atoms with Gasteiger partial charge in [0.25, 0.3) is 5.91 Å². The SMILES string of the molecule is O=C(NCc1ccc(N2CCCC2=O)cc1)c1csc(-c2ccsc2)n1. The number of aromatic nitrogens is 1. The van der Waals surface area contributed by atoms with Crippen molar-refractivity contribution in [1.29, 1.82) is 0 Å². The van der Waals surface area contributed by atoms with E-state index in [-0.39, 0.29) is 11.8 Å². The molecule has 0 radical (unpaired) electrons. The molecule has 1 aromatic carbocycles. The Bertz CT molecular complexity index is 917. The van der Waals surface area contributed by atoms with Crippen LogP contribution in [0.1, 0.15) is 28.9 Å². The first-order valence-corrected chi connectivity index (χ1v) is 10.2. The highest BCUT2D eigenvalue weighted by molar-refractivity contribution is 7.14. The first-order valence-electron chi connectivity index (χ1n) is 8.36. The number of thiazole rings is 1. The van der Waals surface area contributed by atoms with Gasteiger partial charge in [-0.05, 0) is 35.6 Å². The number of carbonyl (C=O) groups excluding carboxylic acids is 2. The Morgan fingerprint density at radius 3 is 2.73 bits per heavy atom. The molecular weight excluding hydrogens is 366 g/mol.